The smallest absolute Gasteiger partial charge is 0.242 e. The van der Waals surface area contributed by atoms with Crippen LogP contribution in [0.5, 0.6) is 0 Å². The van der Waals surface area contributed by atoms with Crippen LogP contribution in [0.4, 0.5) is 5.69 Å². The third kappa shape index (κ3) is 8.96. The highest BCUT2D eigenvalue weighted by molar-refractivity contribution is 9.10. The quantitative estimate of drug-likeness (QED) is 0.406. The van der Waals surface area contributed by atoms with Gasteiger partial charge in [-0.3, -0.25) is 13.9 Å². The number of sulfonamides is 1. The van der Waals surface area contributed by atoms with E-state index in [2.05, 4.69) is 21.2 Å². The minimum Gasteiger partial charge on any atom is -0.352 e. The standard InChI is InChI=1S/C26H36BrN3O4S/c1-6-20(3)28-26(32)21(4)29(18-22-11-8-12-23(27)17-22)25(31)14-9-15-30(35(5,33)34)24-13-7-10-19(2)16-24/h7-8,10-13,16-17,20-21H,6,9,14-15,18H2,1-5H3,(H,28,32)/t20-,21-/m0/s1. The number of amides is 2. The third-order valence-corrected chi connectivity index (χ3v) is 7.54. The van der Waals surface area contributed by atoms with Gasteiger partial charge in [0.25, 0.3) is 0 Å². The summed E-state index contributed by atoms with van der Waals surface area (Å²) in [6.07, 6.45) is 2.40. The van der Waals surface area contributed by atoms with Crippen LogP contribution in [0.1, 0.15) is 51.2 Å². The summed E-state index contributed by atoms with van der Waals surface area (Å²) >= 11 is 3.46. The highest BCUT2D eigenvalue weighted by Gasteiger charge is 2.27. The molecule has 0 aliphatic rings. The van der Waals surface area contributed by atoms with Crippen molar-refractivity contribution in [3.8, 4) is 0 Å². The summed E-state index contributed by atoms with van der Waals surface area (Å²) < 4.78 is 27.1. The van der Waals surface area contributed by atoms with Gasteiger partial charge in [0.15, 0.2) is 0 Å². The topological polar surface area (TPSA) is 86.8 Å². The van der Waals surface area contributed by atoms with Crippen molar-refractivity contribution in [2.75, 3.05) is 17.1 Å². The molecule has 1 N–H and O–H groups in total. The van der Waals surface area contributed by atoms with Gasteiger partial charge in [0, 0.05) is 30.0 Å². The molecule has 192 valence electrons. The van der Waals surface area contributed by atoms with E-state index in [1.54, 1.807) is 17.9 Å². The molecule has 0 fully saturated rings. The van der Waals surface area contributed by atoms with Crippen molar-refractivity contribution in [2.45, 2.75) is 65.6 Å². The molecule has 2 aromatic carbocycles. The number of halogens is 1. The molecule has 0 aromatic heterocycles. The molecule has 0 spiro atoms. The molecule has 0 bridgehead atoms. The molecule has 0 aliphatic heterocycles. The predicted molar refractivity (Wildman–Crippen MR) is 145 cm³/mol. The lowest BCUT2D eigenvalue weighted by Gasteiger charge is -2.30. The number of nitrogens with one attached hydrogen (secondary N) is 1. The van der Waals surface area contributed by atoms with Crippen LogP contribution in [0, 0.1) is 6.92 Å². The first-order valence-electron chi connectivity index (χ1n) is 11.8. The number of anilines is 1. The average molecular weight is 567 g/mol. The Kier molecular flexibility index (Phi) is 10.8. The van der Waals surface area contributed by atoms with Gasteiger partial charge in [0.05, 0.1) is 11.9 Å². The molecule has 9 heteroatoms. The third-order valence-electron chi connectivity index (χ3n) is 5.85. The van der Waals surface area contributed by atoms with Crippen LogP contribution in [0.3, 0.4) is 0 Å². The summed E-state index contributed by atoms with van der Waals surface area (Å²) in [4.78, 5) is 27.7. The molecule has 2 aromatic rings. The second-order valence-electron chi connectivity index (χ2n) is 8.92. The van der Waals surface area contributed by atoms with E-state index < -0.39 is 16.1 Å². The van der Waals surface area contributed by atoms with Gasteiger partial charge < -0.3 is 10.2 Å². The maximum absolute atomic E-state index is 13.3. The van der Waals surface area contributed by atoms with Gasteiger partial charge in [-0.15, -0.1) is 0 Å². The fraction of sp³-hybridized carbons (Fsp3) is 0.462. The number of aryl methyl sites for hydroxylation is 1. The lowest BCUT2D eigenvalue weighted by atomic mass is 10.1. The van der Waals surface area contributed by atoms with Gasteiger partial charge in [-0.2, -0.15) is 0 Å². The maximum atomic E-state index is 13.3. The van der Waals surface area contributed by atoms with Gasteiger partial charge in [-0.05, 0) is 69.0 Å². The molecule has 0 saturated carbocycles. The predicted octanol–water partition coefficient (Wildman–Crippen LogP) is 4.64. The molecule has 0 unspecified atom stereocenters. The number of nitrogens with zero attached hydrogens (tertiary/aromatic N) is 2. The molecule has 0 heterocycles. The van der Waals surface area contributed by atoms with Crippen LogP contribution in [0.25, 0.3) is 0 Å². The normalized spacial score (nSPS) is 13.1. The first kappa shape index (κ1) is 28.8. The minimum atomic E-state index is -3.51. The summed E-state index contributed by atoms with van der Waals surface area (Å²) in [6.45, 7) is 7.99. The van der Waals surface area contributed by atoms with Crippen molar-refractivity contribution in [1.29, 1.82) is 0 Å². The second-order valence-corrected chi connectivity index (χ2v) is 11.7. The van der Waals surface area contributed by atoms with Gasteiger partial charge in [-0.25, -0.2) is 8.42 Å². The molecule has 2 rings (SSSR count). The lowest BCUT2D eigenvalue weighted by Crippen LogP contribution is -2.49. The van der Waals surface area contributed by atoms with Crippen LogP contribution in [-0.4, -0.2) is 50.0 Å². The largest absolute Gasteiger partial charge is 0.352 e. The van der Waals surface area contributed by atoms with Gasteiger partial charge in [0.1, 0.15) is 6.04 Å². The average Bonchev–Trinajstić information content (AvgIpc) is 2.78. The Morgan fingerprint density at radius 1 is 1.09 bits per heavy atom. The highest BCUT2D eigenvalue weighted by atomic mass is 79.9. The summed E-state index contributed by atoms with van der Waals surface area (Å²) in [5.74, 6) is -0.408. The molecule has 2 amide bonds. The van der Waals surface area contributed by atoms with Crippen molar-refractivity contribution >= 4 is 43.5 Å². The Labute approximate surface area is 218 Å². The number of carbonyl (C=O) groups excluding carboxylic acids is 2. The number of carbonyl (C=O) groups is 2. The van der Waals surface area contributed by atoms with Crippen LogP contribution in [0.2, 0.25) is 0 Å². The van der Waals surface area contributed by atoms with Gasteiger partial charge in [0.2, 0.25) is 21.8 Å². The van der Waals surface area contributed by atoms with Crippen molar-refractivity contribution in [2.24, 2.45) is 0 Å². The second kappa shape index (κ2) is 13.1. The summed E-state index contributed by atoms with van der Waals surface area (Å²) in [5, 5.41) is 2.95. The Bertz CT molecular complexity index is 1120. The number of rotatable bonds is 12. The lowest BCUT2D eigenvalue weighted by molar-refractivity contribution is -0.140. The summed E-state index contributed by atoms with van der Waals surface area (Å²) in [5.41, 5.74) is 2.43. The molecule has 0 aliphatic carbocycles. The Balaban J connectivity index is 2.17. The van der Waals surface area contributed by atoms with Crippen molar-refractivity contribution < 1.29 is 18.0 Å². The van der Waals surface area contributed by atoms with Crippen LogP contribution in [-0.2, 0) is 26.2 Å². The zero-order chi connectivity index (χ0) is 26.2. The Morgan fingerprint density at radius 2 is 1.77 bits per heavy atom. The Morgan fingerprint density at radius 3 is 2.37 bits per heavy atom. The molecule has 35 heavy (non-hydrogen) atoms. The van der Waals surface area contributed by atoms with Gasteiger partial charge in [-0.1, -0.05) is 47.1 Å². The number of benzene rings is 2. The van der Waals surface area contributed by atoms with E-state index in [4.69, 9.17) is 0 Å². The highest BCUT2D eigenvalue weighted by Crippen LogP contribution is 2.21. The van der Waals surface area contributed by atoms with E-state index in [1.165, 1.54) is 4.31 Å². The van der Waals surface area contributed by atoms with Crippen molar-refractivity contribution in [1.82, 2.24) is 10.2 Å². The van der Waals surface area contributed by atoms with E-state index in [-0.39, 0.29) is 37.4 Å². The first-order valence-corrected chi connectivity index (χ1v) is 14.4. The van der Waals surface area contributed by atoms with Crippen LogP contribution >= 0.6 is 15.9 Å². The molecule has 7 nitrogen and oxygen atoms in total. The van der Waals surface area contributed by atoms with Crippen molar-refractivity contribution in [3.05, 3.63) is 64.1 Å². The molecule has 0 saturated heterocycles. The maximum Gasteiger partial charge on any atom is 0.242 e. The fourth-order valence-electron chi connectivity index (χ4n) is 3.67. The zero-order valence-corrected chi connectivity index (χ0v) is 23.5. The van der Waals surface area contributed by atoms with E-state index >= 15 is 0 Å². The minimum absolute atomic E-state index is 0.00502. The number of hydrogen-bond donors (Lipinski definition) is 1. The summed E-state index contributed by atoms with van der Waals surface area (Å²) in [6, 6.07) is 14.2. The molecular weight excluding hydrogens is 530 g/mol. The first-order chi connectivity index (χ1) is 16.4. The molecular formula is C26H36BrN3O4S. The van der Waals surface area contributed by atoms with E-state index in [1.807, 2.05) is 63.2 Å². The number of hydrogen-bond acceptors (Lipinski definition) is 4. The van der Waals surface area contributed by atoms with E-state index in [0.717, 1.165) is 28.3 Å². The monoisotopic (exact) mass is 565 g/mol. The van der Waals surface area contributed by atoms with Crippen LogP contribution < -0.4 is 9.62 Å². The van der Waals surface area contributed by atoms with Gasteiger partial charge >= 0.3 is 0 Å². The fourth-order valence-corrected chi connectivity index (χ4v) is 5.07. The summed E-state index contributed by atoms with van der Waals surface area (Å²) in [7, 11) is -3.51. The SMILES string of the molecule is CC[C@H](C)NC(=O)[C@H](C)N(Cc1cccc(Br)c1)C(=O)CCCN(c1cccc(C)c1)S(C)(=O)=O. The molecule has 2 atom stereocenters. The van der Waals surface area contributed by atoms with Crippen LogP contribution in [0.15, 0.2) is 53.0 Å². The molecule has 0 radical (unpaired) electrons. The van der Waals surface area contributed by atoms with E-state index in [0.29, 0.717) is 12.1 Å². The zero-order valence-electron chi connectivity index (χ0n) is 21.1. The van der Waals surface area contributed by atoms with Crippen molar-refractivity contribution in [3.63, 3.8) is 0 Å². The Hall–Kier alpha value is -2.39. The van der Waals surface area contributed by atoms with E-state index in [9.17, 15) is 18.0 Å².